The molecule has 0 aliphatic carbocycles. The zero-order chi connectivity index (χ0) is 27.2. The highest BCUT2D eigenvalue weighted by Crippen LogP contribution is 2.26. The summed E-state index contributed by atoms with van der Waals surface area (Å²) in [5, 5.41) is 17.8. The number of carbonyl (C=O) groups is 2. The number of nitrogens with zero attached hydrogens (tertiary/aromatic N) is 2. The Kier molecular flexibility index (Phi) is 7.93. The predicted molar refractivity (Wildman–Crippen MR) is 148 cm³/mol. The van der Waals surface area contributed by atoms with E-state index in [-0.39, 0.29) is 18.0 Å². The molecule has 3 aromatic carbocycles. The van der Waals surface area contributed by atoms with Gasteiger partial charge in [0.15, 0.2) is 0 Å². The maximum absolute atomic E-state index is 13.9. The monoisotopic (exact) mass is 543 g/mol. The number of benzene rings is 3. The largest absolute Gasteiger partial charge is 0.507 e. The van der Waals surface area contributed by atoms with E-state index in [0.717, 1.165) is 28.1 Å². The molecule has 0 saturated heterocycles. The van der Waals surface area contributed by atoms with Crippen LogP contribution in [0.2, 0.25) is 0 Å². The van der Waals surface area contributed by atoms with Crippen molar-refractivity contribution < 1.29 is 19.1 Å². The Labute approximate surface area is 228 Å². The maximum atomic E-state index is 13.9. The van der Waals surface area contributed by atoms with E-state index in [1.54, 1.807) is 11.7 Å². The van der Waals surface area contributed by atoms with Crippen molar-refractivity contribution in [2.45, 2.75) is 25.3 Å². The highest BCUT2D eigenvalue weighted by Gasteiger charge is 2.20. The van der Waals surface area contributed by atoms with Crippen LogP contribution in [0, 0.1) is 5.82 Å². The normalized spacial score (nSPS) is 11.8. The minimum Gasteiger partial charge on any atom is -0.507 e. The number of unbranched alkanes of at least 4 members (excludes halogenated alkanes) is 1. The Balaban J connectivity index is 1.25. The first-order valence-electron chi connectivity index (χ1n) is 12.5. The molecule has 0 fully saturated rings. The van der Waals surface area contributed by atoms with Crippen LogP contribution >= 0.6 is 11.3 Å². The third kappa shape index (κ3) is 6.12. The number of nitrogens with one attached hydrogen (secondary N) is 3. The molecule has 10 heteroatoms. The number of hydrogen-bond acceptors (Lipinski definition) is 6. The fourth-order valence-corrected chi connectivity index (χ4v) is 4.88. The van der Waals surface area contributed by atoms with Crippen LogP contribution in [0.5, 0.6) is 5.75 Å². The van der Waals surface area contributed by atoms with Gasteiger partial charge in [0.25, 0.3) is 11.8 Å². The van der Waals surface area contributed by atoms with Gasteiger partial charge in [-0.1, -0.05) is 42.5 Å². The van der Waals surface area contributed by atoms with Crippen LogP contribution in [0.25, 0.3) is 22.0 Å². The predicted octanol–water partition coefficient (Wildman–Crippen LogP) is 5.60. The van der Waals surface area contributed by atoms with Crippen LogP contribution in [-0.4, -0.2) is 38.4 Å². The molecule has 2 amide bonds. The molecule has 39 heavy (non-hydrogen) atoms. The minimum atomic E-state index is -0.779. The summed E-state index contributed by atoms with van der Waals surface area (Å²) >= 11 is 1.25. The number of phenols is 1. The summed E-state index contributed by atoms with van der Waals surface area (Å²) in [5.74, 6) is -1.48. The third-order valence-corrected chi connectivity index (χ3v) is 7.14. The molecule has 1 atom stereocenters. The van der Waals surface area contributed by atoms with Crippen LogP contribution in [0.4, 0.5) is 4.39 Å². The van der Waals surface area contributed by atoms with E-state index in [2.05, 4.69) is 49.9 Å². The molecule has 198 valence electrons. The van der Waals surface area contributed by atoms with E-state index >= 15 is 0 Å². The third-order valence-electron chi connectivity index (χ3n) is 6.37. The molecule has 5 aromatic rings. The Hall–Kier alpha value is -4.57. The SMILES string of the molecule is O=C(NC(CCCCNC(=O)c1c(O)cccc1F)c1ncc(-c2ccc3ccccc3c2)[nH]1)c1cncs1. The van der Waals surface area contributed by atoms with Crippen LogP contribution in [0.15, 0.2) is 78.6 Å². The highest BCUT2D eigenvalue weighted by molar-refractivity contribution is 7.11. The van der Waals surface area contributed by atoms with Crippen molar-refractivity contribution in [2.75, 3.05) is 6.54 Å². The number of imidazole rings is 1. The molecule has 8 nitrogen and oxygen atoms in total. The lowest BCUT2D eigenvalue weighted by Crippen LogP contribution is -2.29. The molecular formula is C29H26FN5O3S. The summed E-state index contributed by atoms with van der Waals surface area (Å²) in [7, 11) is 0. The Morgan fingerprint density at radius 3 is 2.64 bits per heavy atom. The molecule has 2 heterocycles. The summed E-state index contributed by atoms with van der Waals surface area (Å²) in [5.41, 5.74) is 3.05. The van der Waals surface area contributed by atoms with E-state index in [0.29, 0.717) is 30.0 Å². The first kappa shape index (κ1) is 26.1. The topological polar surface area (TPSA) is 120 Å². The summed E-state index contributed by atoms with van der Waals surface area (Å²) < 4.78 is 13.9. The molecule has 0 aliphatic rings. The van der Waals surface area contributed by atoms with Crippen molar-refractivity contribution >= 4 is 33.9 Å². The lowest BCUT2D eigenvalue weighted by Gasteiger charge is -2.16. The van der Waals surface area contributed by atoms with Gasteiger partial charge in [0.05, 0.1) is 29.6 Å². The van der Waals surface area contributed by atoms with Crippen molar-refractivity contribution in [2.24, 2.45) is 0 Å². The van der Waals surface area contributed by atoms with E-state index < -0.39 is 23.5 Å². The molecule has 4 N–H and O–H groups in total. The zero-order valence-corrected chi connectivity index (χ0v) is 21.7. The molecule has 2 aromatic heterocycles. The summed E-state index contributed by atoms with van der Waals surface area (Å²) in [6.07, 6.45) is 5.05. The van der Waals surface area contributed by atoms with Crippen molar-refractivity contribution in [3.8, 4) is 17.0 Å². The second kappa shape index (κ2) is 11.9. The summed E-state index contributed by atoms with van der Waals surface area (Å²) in [4.78, 5) is 37.5. The Morgan fingerprint density at radius 1 is 1.00 bits per heavy atom. The van der Waals surface area contributed by atoms with Gasteiger partial charge in [-0.15, -0.1) is 11.3 Å². The number of phenolic OH excluding ortho intramolecular Hbond substituents is 1. The number of fused-ring (bicyclic) bond motifs is 1. The van der Waals surface area contributed by atoms with E-state index in [9.17, 15) is 19.1 Å². The number of halogens is 1. The molecule has 0 bridgehead atoms. The average molecular weight is 544 g/mol. The van der Waals surface area contributed by atoms with Gasteiger partial charge >= 0.3 is 0 Å². The fraction of sp³-hybridized carbons (Fsp3) is 0.172. The van der Waals surface area contributed by atoms with Crippen LogP contribution < -0.4 is 10.6 Å². The summed E-state index contributed by atoms with van der Waals surface area (Å²) in [6.45, 7) is 0.280. The second-order valence-electron chi connectivity index (χ2n) is 9.02. The minimum absolute atomic E-state index is 0.241. The molecule has 1 unspecified atom stereocenters. The lowest BCUT2D eigenvalue weighted by atomic mass is 10.1. The van der Waals surface area contributed by atoms with Gasteiger partial charge in [0.2, 0.25) is 0 Å². The van der Waals surface area contributed by atoms with Gasteiger partial charge in [0.1, 0.15) is 27.8 Å². The average Bonchev–Trinajstić information content (AvgIpc) is 3.65. The van der Waals surface area contributed by atoms with Crippen LogP contribution in [0.3, 0.4) is 0 Å². The number of aromatic hydroxyl groups is 1. The zero-order valence-electron chi connectivity index (χ0n) is 20.9. The molecule has 0 radical (unpaired) electrons. The number of aromatic amines is 1. The van der Waals surface area contributed by atoms with Crippen molar-refractivity contribution in [1.82, 2.24) is 25.6 Å². The number of aromatic nitrogens is 3. The van der Waals surface area contributed by atoms with E-state index in [4.69, 9.17) is 0 Å². The number of thiazole rings is 1. The molecule has 0 spiro atoms. The molecule has 5 rings (SSSR count). The van der Waals surface area contributed by atoms with Gasteiger partial charge in [-0.25, -0.2) is 9.37 Å². The van der Waals surface area contributed by atoms with Gasteiger partial charge in [-0.05, 0) is 48.2 Å². The number of carbonyl (C=O) groups excluding carboxylic acids is 2. The Morgan fingerprint density at radius 2 is 1.85 bits per heavy atom. The van der Waals surface area contributed by atoms with Crippen molar-refractivity contribution in [3.63, 3.8) is 0 Å². The van der Waals surface area contributed by atoms with Crippen LogP contribution in [-0.2, 0) is 0 Å². The number of rotatable bonds is 10. The highest BCUT2D eigenvalue weighted by atomic mass is 32.1. The first-order chi connectivity index (χ1) is 19.0. The molecule has 0 aliphatic heterocycles. The standard InChI is InChI=1S/C29H26FN5O3S/c30-21-8-5-10-24(36)26(21)29(38)32-13-4-3-9-22(35-28(37)25-16-31-17-39-25)27-33-15-23(34-27)20-12-11-18-6-1-2-7-19(18)14-20/h1-2,5-8,10-12,14-17,22,36H,3-4,9,13H2,(H,32,38)(H,33,34)(H,35,37). The van der Waals surface area contributed by atoms with Crippen molar-refractivity contribution in [1.29, 1.82) is 0 Å². The quantitative estimate of drug-likeness (QED) is 0.171. The van der Waals surface area contributed by atoms with Crippen molar-refractivity contribution in [3.05, 3.63) is 101 Å². The van der Waals surface area contributed by atoms with Crippen LogP contribution in [0.1, 0.15) is 51.2 Å². The van der Waals surface area contributed by atoms with Gasteiger partial charge < -0.3 is 20.7 Å². The van der Waals surface area contributed by atoms with Gasteiger partial charge in [-0.3, -0.25) is 14.6 Å². The molecular weight excluding hydrogens is 517 g/mol. The lowest BCUT2D eigenvalue weighted by molar-refractivity contribution is 0.0934. The first-order valence-corrected chi connectivity index (χ1v) is 13.4. The van der Waals surface area contributed by atoms with Gasteiger partial charge in [-0.2, -0.15) is 0 Å². The fourth-order valence-electron chi connectivity index (χ4n) is 4.35. The number of amides is 2. The van der Waals surface area contributed by atoms with E-state index in [1.165, 1.54) is 29.7 Å². The van der Waals surface area contributed by atoms with E-state index in [1.807, 2.05) is 18.2 Å². The maximum Gasteiger partial charge on any atom is 0.263 e. The number of H-pyrrole nitrogens is 1. The van der Waals surface area contributed by atoms with Gasteiger partial charge in [0, 0.05) is 12.1 Å². The summed E-state index contributed by atoms with van der Waals surface area (Å²) in [6, 6.07) is 17.6. The smallest absolute Gasteiger partial charge is 0.263 e. The number of hydrogen-bond donors (Lipinski definition) is 4. The second-order valence-corrected chi connectivity index (χ2v) is 9.91. The Bertz CT molecular complexity index is 1580. The molecule has 0 saturated carbocycles.